The Hall–Kier alpha value is -2.09. The average molecular weight is 356 g/mol. The quantitative estimate of drug-likeness (QED) is 0.535. The second kappa shape index (κ2) is 9.27. The molecule has 0 bridgehead atoms. The molecule has 0 aliphatic heterocycles. The largest absolute Gasteiger partial charge is 0.465 e. The maximum atomic E-state index is 12.1. The van der Waals surface area contributed by atoms with Gasteiger partial charge in [0.15, 0.2) is 0 Å². The molecule has 0 radical (unpaired) electrons. The second-order valence-electron chi connectivity index (χ2n) is 5.34. The van der Waals surface area contributed by atoms with E-state index in [-0.39, 0.29) is 17.8 Å². The average Bonchev–Trinajstić information content (AvgIpc) is 2.55. The second-order valence-corrected chi connectivity index (χ2v) is 7.24. The van der Waals surface area contributed by atoms with Crippen molar-refractivity contribution in [2.45, 2.75) is 26.2 Å². The van der Waals surface area contributed by atoms with Gasteiger partial charge in [0.25, 0.3) is 0 Å². The summed E-state index contributed by atoms with van der Waals surface area (Å²) < 4.78 is 29.8. The van der Waals surface area contributed by atoms with Crippen molar-refractivity contribution in [3.05, 3.63) is 29.8 Å². The van der Waals surface area contributed by atoms with Gasteiger partial charge in [-0.25, -0.2) is 13.2 Å². The molecule has 1 aromatic rings. The first-order chi connectivity index (χ1) is 11.3. The zero-order valence-electron chi connectivity index (χ0n) is 14.2. The predicted molar refractivity (Wildman–Crippen MR) is 92.5 cm³/mol. The van der Waals surface area contributed by atoms with Gasteiger partial charge in [-0.05, 0) is 18.6 Å². The van der Waals surface area contributed by atoms with Gasteiger partial charge in [-0.15, -0.1) is 0 Å². The molecule has 0 aromatic heterocycles. The number of carbonyl (C=O) groups excluding carboxylic acids is 2. The molecule has 8 heteroatoms. The highest BCUT2D eigenvalue weighted by molar-refractivity contribution is 7.92. The molecule has 1 N–H and O–H groups in total. The normalized spacial score (nSPS) is 11.0. The van der Waals surface area contributed by atoms with Crippen LogP contribution in [-0.2, 0) is 19.6 Å². The summed E-state index contributed by atoms with van der Waals surface area (Å²) in [5.74, 6) is -1.08. The Morgan fingerprint density at radius 3 is 2.46 bits per heavy atom. The Balaban J connectivity index is 3.00. The molecule has 134 valence electrons. The zero-order valence-corrected chi connectivity index (χ0v) is 15.1. The smallest absolute Gasteiger partial charge is 0.340 e. The number of benzene rings is 1. The topological polar surface area (TPSA) is 92.8 Å². The monoisotopic (exact) mass is 356 g/mol. The van der Waals surface area contributed by atoms with Gasteiger partial charge in [0.2, 0.25) is 15.9 Å². The summed E-state index contributed by atoms with van der Waals surface area (Å²) in [6.07, 6.45) is 3.84. The first-order valence-corrected chi connectivity index (χ1v) is 9.57. The predicted octanol–water partition coefficient (Wildman–Crippen LogP) is 1.55. The molecule has 1 amide bonds. The van der Waals surface area contributed by atoms with Crippen LogP contribution in [0.4, 0.5) is 5.69 Å². The summed E-state index contributed by atoms with van der Waals surface area (Å²) in [7, 11) is -2.54. The number of nitrogens with zero attached hydrogens (tertiary/aromatic N) is 1. The Morgan fingerprint density at radius 1 is 1.21 bits per heavy atom. The highest BCUT2D eigenvalue weighted by Gasteiger charge is 2.25. The van der Waals surface area contributed by atoms with Gasteiger partial charge in [-0.1, -0.05) is 31.9 Å². The van der Waals surface area contributed by atoms with Crippen molar-refractivity contribution in [3.8, 4) is 0 Å². The van der Waals surface area contributed by atoms with E-state index in [9.17, 15) is 18.0 Å². The van der Waals surface area contributed by atoms with E-state index in [0.29, 0.717) is 6.54 Å². The van der Waals surface area contributed by atoms with Crippen LogP contribution in [0.3, 0.4) is 0 Å². The highest BCUT2D eigenvalue weighted by Crippen LogP contribution is 2.23. The molecule has 0 saturated carbocycles. The van der Waals surface area contributed by atoms with Crippen LogP contribution in [0.1, 0.15) is 36.5 Å². The lowest BCUT2D eigenvalue weighted by atomic mass is 10.2. The maximum Gasteiger partial charge on any atom is 0.340 e. The Bertz CT molecular complexity index is 673. The fourth-order valence-corrected chi connectivity index (χ4v) is 3.01. The van der Waals surface area contributed by atoms with Crippen molar-refractivity contribution in [2.24, 2.45) is 0 Å². The van der Waals surface area contributed by atoms with Crippen molar-refractivity contribution in [1.29, 1.82) is 0 Å². The SMILES string of the molecule is CCCCCNC(=O)CN(c1ccccc1C(=O)OC)S(C)(=O)=O. The molecular formula is C16H24N2O5S. The standard InChI is InChI=1S/C16H24N2O5S/c1-4-5-8-11-17-15(19)12-18(24(3,21)22)14-10-7-6-9-13(14)16(20)23-2/h6-7,9-10H,4-5,8,11-12H2,1-3H3,(H,17,19). The molecule has 0 unspecified atom stereocenters. The number of sulfonamides is 1. The summed E-state index contributed by atoms with van der Waals surface area (Å²) in [4.78, 5) is 23.9. The number of rotatable bonds is 9. The summed E-state index contributed by atoms with van der Waals surface area (Å²) >= 11 is 0. The van der Waals surface area contributed by atoms with E-state index in [1.807, 2.05) is 0 Å². The van der Waals surface area contributed by atoms with E-state index in [2.05, 4.69) is 17.0 Å². The molecule has 0 fully saturated rings. The number of methoxy groups -OCH3 is 1. The van der Waals surface area contributed by atoms with Crippen LogP contribution in [0.25, 0.3) is 0 Å². The van der Waals surface area contributed by atoms with Crippen LogP contribution < -0.4 is 9.62 Å². The summed E-state index contributed by atoms with van der Waals surface area (Å²) in [6, 6.07) is 6.12. The lowest BCUT2D eigenvalue weighted by Gasteiger charge is -2.23. The van der Waals surface area contributed by atoms with Gasteiger partial charge in [0, 0.05) is 6.54 Å². The van der Waals surface area contributed by atoms with Crippen molar-refractivity contribution in [2.75, 3.05) is 30.8 Å². The Labute approximate surface area is 143 Å². The fraction of sp³-hybridized carbons (Fsp3) is 0.500. The third-order valence-electron chi connectivity index (χ3n) is 3.37. The van der Waals surface area contributed by atoms with Crippen molar-refractivity contribution >= 4 is 27.6 Å². The lowest BCUT2D eigenvalue weighted by Crippen LogP contribution is -2.41. The Kier molecular flexibility index (Phi) is 7.70. The van der Waals surface area contributed by atoms with Crippen LogP contribution in [0.15, 0.2) is 24.3 Å². The molecule has 24 heavy (non-hydrogen) atoms. The summed E-state index contributed by atoms with van der Waals surface area (Å²) in [5, 5.41) is 2.69. The number of para-hydroxylation sites is 1. The van der Waals surface area contributed by atoms with Crippen molar-refractivity contribution in [3.63, 3.8) is 0 Å². The minimum atomic E-state index is -3.75. The van der Waals surface area contributed by atoms with E-state index < -0.39 is 21.9 Å². The molecule has 0 atom stereocenters. The molecule has 0 saturated heterocycles. The van der Waals surface area contributed by atoms with Crippen LogP contribution >= 0.6 is 0 Å². The molecular weight excluding hydrogens is 332 g/mol. The summed E-state index contributed by atoms with van der Waals surface area (Å²) in [6.45, 7) is 2.15. The molecule has 0 aliphatic carbocycles. The number of anilines is 1. The number of hydrogen-bond donors (Lipinski definition) is 1. The molecule has 7 nitrogen and oxygen atoms in total. The van der Waals surface area contributed by atoms with Crippen LogP contribution in [-0.4, -0.2) is 46.7 Å². The van der Waals surface area contributed by atoms with Crippen LogP contribution in [0, 0.1) is 0 Å². The third-order valence-corrected chi connectivity index (χ3v) is 4.49. The van der Waals surface area contributed by atoms with Crippen LogP contribution in [0.5, 0.6) is 0 Å². The van der Waals surface area contributed by atoms with Gasteiger partial charge in [-0.3, -0.25) is 9.10 Å². The number of amides is 1. The molecule has 0 aliphatic rings. The van der Waals surface area contributed by atoms with Gasteiger partial charge >= 0.3 is 5.97 Å². The Morgan fingerprint density at radius 2 is 1.88 bits per heavy atom. The van der Waals surface area contributed by atoms with Crippen molar-refractivity contribution in [1.82, 2.24) is 5.32 Å². The number of hydrogen-bond acceptors (Lipinski definition) is 5. The molecule has 0 heterocycles. The first kappa shape index (κ1) is 20.0. The minimum absolute atomic E-state index is 0.0872. The zero-order chi connectivity index (χ0) is 18.2. The number of carbonyl (C=O) groups is 2. The van der Waals surface area contributed by atoms with E-state index >= 15 is 0 Å². The first-order valence-electron chi connectivity index (χ1n) is 7.73. The molecule has 0 spiro atoms. The van der Waals surface area contributed by atoms with E-state index in [4.69, 9.17) is 0 Å². The minimum Gasteiger partial charge on any atom is -0.465 e. The van der Waals surface area contributed by atoms with Gasteiger partial charge in [0.1, 0.15) is 6.54 Å². The summed E-state index contributed by atoms with van der Waals surface area (Å²) in [5.41, 5.74) is 0.208. The number of nitrogens with one attached hydrogen (secondary N) is 1. The van der Waals surface area contributed by atoms with Gasteiger partial charge < -0.3 is 10.1 Å². The van der Waals surface area contributed by atoms with Gasteiger partial charge in [0.05, 0.1) is 24.6 Å². The van der Waals surface area contributed by atoms with E-state index in [0.717, 1.165) is 29.8 Å². The fourth-order valence-electron chi connectivity index (χ4n) is 2.14. The number of ether oxygens (including phenoxy) is 1. The third kappa shape index (κ3) is 5.84. The lowest BCUT2D eigenvalue weighted by molar-refractivity contribution is -0.119. The number of unbranched alkanes of at least 4 members (excludes halogenated alkanes) is 2. The van der Waals surface area contributed by atoms with Gasteiger partial charge in [-0.2, -0.15) is 0 Å². The molecule has 1 rings (SSSR count). The maximum absolute atomic E-state index is 12.1. The van der Waals surface area contributed by atoms with E-state index in [1.54, 1.807) is 12.1 Å². The number of esters is 1. The van der Waals surface area contributed by atoms with E-state index in [1.165, 1.54) is 19.2 Å². The molecule has 1 aromatic carbocycles. The van der Waals surface area contributed by atoms with Crippen molar-refractivity contribution < 1.29 is 22.7 Å². The van der Waals surface area contributed by atoms with Crippen LogP contribution in [0.2, 0.25) is 0 Å². The highest BCUT2D eigenvalue weighted by atomic mass is 32.2.